The third kappa shape index (κ3) is 3.04. The van der Waals surface area contributed by atoms with Gasteiger partial charge in [-0.2, -0.15) is 4.98 Å². The number of hydrogen-bond acceptors (Lipinski definition) is 6. The van der Waals surface area contributed by atoms with Crippen LogP contribution in [0.5, 0.6) is 0 Å². The van der Waals surface area contributed by atoms with Crippen LogP contribution in [0.2, 0.25) is 0 Å². The van der Waals surface area contributed by atoms with Crippen molar-refractivity contribution in [2.45, 2.75) is 51.4 Å². The molecule has 1 aliphatic carbocycles. The lowest BCUT2D eigenvalue weighted by Crippen LogP contribution is -2.14. The Labute approximate surface area is 124 Å². The minimum absolute atomic E-state index is 0.319. The maximum Gasteiger partial charge on any atom is 0.280 e. The Bertz CT molecular complexity index is 589. The van der Waals surface area contributed by atoms with E-state index in [0.29, 0.717) is 23.3 Å². The van der Waals surface area contributed by atoms with E-state index in [2.05, 4.69) is 27.0 Å². The summed E-state index contributed by atoms with van der Waals surface area (Å²) in [5.41, 5.74) is 6.26. The van der Waals surface area contributed by atoms with Crippen LogP contribution in [0.4, 0.5) is 5.82 Å². The van der Waals surface area contributed by atoms with E-state index in [0.717, 1.165) is 24.6 Å². The highest BCUT2D eigenvalue weighted by atomic mass is 16.5. The maximum atomic E-state index is 5.79. The van der Waals surface area contributed by atoms with E-state index in [1.54, 1.807) is 12.4 Å². The van der Waals surface area contributed by atoms with Gasteiger partial charge in [0, 0.05) is 18.3 Å². The monoisotopic (exact) mass is 287 g/mol. The molecule has 0 aromatic carbocycles. The van der Waals surface area contributed by atoms with Crippen molar-refractivity contribution in [1.82, 2.24) is 20.1 Å². The zero-order valence-corrected chi connectivity index (χ0v) is 12.3. The van der Waals surface area contributed by atoms with Gasteiger partial charge in [0.25, 0.3) is 5.89 Å². The summed E-state index contributed by atoms with van der Waals surface area (Å²) in [6, 6.07) is 0. The van der Waals surface area contributed by atoms with Crippen molar-refractivity contribution in [3.05, 3.63) is 18.2 Å². The average molecular weight is 287 g/mol. The molecule has 0 radical (unpaired) electrons. The van der Waals surface area contributed by atoms with Gasteiger partial charge >= 0.3 is 0 Å². The topological polar surface area (TPSA) is 90.7 Å². The Balaban J connectivity index is 1.70. The molecular weight excluding hydrogens is 266 g/mol. The van der Waals surface area contributed by atoms with Crippen LogP contribution in [0.15, 0.2) is 16.9 Å². The molecule has 1 saturated carbocycles. The summed E-state index contributed by atoms with van der Waals surface area (Å²) >= 11 is 0. The van der Waals surface area contributed by atoms with Crippen molar-refractivity contribution in [1.29, 1.82) is 0 Å². The molecule has 2 aromatic heterocycles. The molecule has 6 heteroatoms. The molecule has 0 atom stereocenters. The molecule has 0 amide bonds. The number of rotatable bonds is 4. The molecule has 2 heterocycles. The van der Waals surface area contributed by atoms with Crippen LogP contribution in [0, 0.1) is 5.92 Å². The van der Waals surface area contributed by atoms with Crippen LogP contribution < -0.4 is 5.73 Å². The van der Waals surface area contributed by atoms with Crippen LogP contribution in [0.1, 0.15) is 57.2 Å². The number of nitrogen functional groups attached to an aromatic ring is 1. The Morgan fingerprint density at radius 1 is 1.19 bits per heavy atom. The molecule has 2 aromatic rings. The molecule has 0 aliphatic heterocycles. The largest absolute Gasteiger partial charge is 0.382 e. The van der Waals surface area contributed by atoms with Crippen LogP contribution >= 0.6 is 0 Å². The van der Waals surface area contributed by atoms with Crippen molar-refractivity contribution in [3.63, 3.8) is 0 Å². The number of anilines is 1. The van der Waals surface area contributed by atoms with E-state index in [4.69, 9.17) is 10.3 Å². The Morgan fingerprint density at radius 2 is 1.95 bits per heavy atom. The normalized spacial score (nSPS) is 22.3. The minimum atomic E-state index is 0.319. The van der Waals surface area contributed by atoms with E-state index in [9.17, 15) is 0 Å². The molecule has 3 rings (SSSR count). The molecule has 21 heavy (non-hydrogen) atoms. The molecular formula is C15H21N5O. The summed E-state index contributed by atoms with van der Waals surface area (Å²) in [6.07, 6.45) is 10.5. The Kier molecular flexibility index (Phi) is 4.13. The molecule has 2 N–H and O–H groups in total. The zero-order chi connectivity index (χ0) is 14.7. The van der Waals surface area contributed by atoms with E-state index in [1.165, 1.54) is 25.7 Å². The van der Waals surface area contributed by atoms with Crippen LogP contribution in [0.25, 0.3) is 11.6 Å². The second kappa shape index (κ2) is 6.20. The first kappa shape index (κ1) is 14.0. The molecule has 6 nitrogen and oxygen atoms in total. The highest BCUT2D eigenvalue weighted by Gasteiger charge is 2.26. The van der Waals surface area contributed by atoms with Crippen molar-refractivity contribution in [2.75, 3.05) is 5.73 Å². The van der Waals surface area contributed by atoms with Gasteiger partial charge in [-0.3, -0.25) is 0 Å². The Hall–Kier alpha value is -1.98. The van der Waals surface area contributed by atoms with Gasteiger partial charge in [0.15, 0.2) is 17.3 Å². The number of aromatic nitrogens is 4. The average Bonchev–Trinajstić information content (AvgIpc) is 2.98. The summed E-state index contributed by atoms with van der Waals surface area (Å²) < 4.78 is 5.32. The van der Waals surface area contributed by atoms with Crippen molar-refractivity contribution in [3.8, 4) is 11.6 Å². The van der Waals surface area contributed by atoms with Gasteiger partial charge in [-0.15, -0.1) is 0 Å². The van der Waals surface area contributed by atoms with Crippen LogP contribution in [-0.2, 0) is 0 Å². The standard InChI is InChI=1S/C15H21N5O/c1-2-3-10-4-6-11(7-5-10)14-19-15(21-20-14)12-13(16)18-9-8-17-12/h8-11H,2-7H2,1H3,(H2,16,18). The third-order valence-corrected chi connectivity index (χ3v) is 4.28. The first-order chi connectivity index (χ1) is 10.3. The summed E-state index contributed by atoms with van der Waals surface area (Å²) in [4.78, 5) is 12.6. The summed E-state index contributed by atoms with van der Waals surface area (Å²) in [5, 5.41) is 4.12. The van der Waals surface area contributed by atoms with Gasteiger partial charge in [-0.1, -0.05) is 24.9 Å². The quantitative estimate of drug-likeness (QED) is 0.928. The third-order valence-electron chi connectivity index (χ3n) is 4.28. The lowest BCUT2D eigenvalue weighted by molar-refractivity contribution is 0.296. The predicted octanol–water partition coefficient (Wildman–Crippen LogP) is 3.18. The maximum absolute atomic E-state index is 5.79. The van der Waals surface area contributed by atoms with Crippen molar-refractivity contribution < 1.29 is 4.52 Å². The fraction of sp³-hybridized carbons (Fsp3) is 0.600. The first-order valence-electron chi connectivity index (χ1n) is 7.68. The van der Waals surface area contributed by atoms with E-state index < -0.39 is 0 Å². The van der Waals surface area contributed by atoms with Crippen molar-refractivity contribution >= 4 is 5.82 Å². The van der Waals surface area contributed by atoms with E-state index in [1.807, 2.05) is 0 Å². The first-order valence-corrected chi connectivity index (χ1v) is 7.68. The lowest BCUT2D eigenvalue weighted by Gasteiger charge is -2.26. The van der Waals surface area contributed by atoms with Gasteiger partial charge < -0.3 is 10.3 Å². The molecule has 0 spiro atoms. The predicted molar refractivity (Wildman–Crippen MR) is 79.3 cm³/mol. The second-order valence-corrected chi connectivity index (χ2v) is 5.75. The molecule has 0 saturated heterocycles. The number of nitrogens with zero attached hydrogens (tertiary/aromatic N) is 4. The van der Waals surface area contributed by atoms with Gasteiger partial charge in [0.05, 0.1) is 0 Å². The summed E-state index contributed by atoms with van der Waals surface area (Å²) in [6.45, 7) is 2.25. The molecule has 0 unspecified atom stereocenters. The zero-order valence-electron chi connectivity index (χ0n) is 12.3. The molecule has 1 aliphatic rings. The van der Waals surface area contributed by atoms with Gasteiger partial charge in [0.2, 0.25) is 0 Å². The lowest BCUT2D eigenvalue weighted by atomic mass is 9.80. The summed E-state index contributed by atoms with van der Waals surface area (Å²) in [5.74, 6) is 2.73. The SMILES string of the molecule is CCCC1CCC(c2noc(-c3nccnc3N)n2)CC1. The van der Waals surface area contributed by atoms with Crippen LogP contribution in [-0.4, -0.2) is 20.1 Å². The van der Waals surface area contributed by atoms with Gasteiger partial charge in [-0.05, 0) is 31.6 Å². The fourth-order valence-corrected chi connectivity index (χ4v) is 3.13. The van der Waals surface area contributed by atoms with E-state index in [-0.39, 0.29) is 0 Å². The Morgan fingerprint density at radius 3 is 2.67 bits per heavy atom. The van der Waals surface area contributed by atoms with Gasteiger partial charge in [-0.25, -0.2) is 9.97 Å². The molecule has 112 valence electrons. The highest BCUT2D eigenvalue weighted by Crippen LogP contribution is 2.36. The van der Waals surface area contributed by atoms with Gasteiger partial charge in [0.1, 0.15) is 0 Å². The van der Waals surface area contributed by atoms with E-state index >= 15 is 0 Å². The number of hydrogen-bond donors (Lipinski definition) is 1. The molecule has 0 bridgehead atoms. The smallest absolute Gasteiger partial charge is 0.280 e. The molecule has 1 fully saturated rings. The number of nitrogens with two attached hydrogens (primary N) is 1. The fourth-order valence-electron chi connectivity index (χ4n) is 3.13. The minimum Gasteiger partial charge on any atom is -0.382 e. The second-order valence-electron chi connectivity index (χ2n) is 5.75. The van der Waals surface area contributed by atoms with Crippen LogP contribution in [0.3, 0.4) is 0 Å². The summed E-state index contributed by atoms with van der Waals surface area (Å²) in [7, 11) is 0. The van der Waals surface area contributed by atoms with Crippen molar-refractivity contribution in [2.24, 2.45) is 5.92 Å². The highest BCUT2D eigenvalue weighted by molar-refractivity contribution is 5.61.